The van der Waals surface area contributed by atoms with Crippen molar-refractivity contribution in [3.05, 3.63) is 0 Å². The Kier molecular flexibility index (Phi) is 6.79. The normalized spacial score (nSPS) is 21.7. The molecule has 1 N–H and O–H groups in total. The summed E-state index contributed by atoms with van der Waals surface area (Å²) in [6.45, 7) is 3.90. The molecular formula is C13H26N2O3S. The first-order valence-electron chi connectivity index (χ1n) is 7.08. The molecular weight excluding hydrogens is 264 g/mol. The highest BCUT2D eigenvalue weighted by Gasteiger charge is 2.28. The monoisotopic (exact) mass is 290 g/mol. The Labute approximate surface area is 116 Å². The molecule has 1 atom stereocenters. The first-order valence-corrected chi connectivity index (χ1v) is 8.90. The second-order valence-corrected chi connectivity index (χ2v) is 7.75. The van der Waals surface area contributed by atoms with Crippen molar-refractivity contribution in [1.82, 2.24) is 10.2 Å². The van der Waals surface area contributed by atoms with Crippen LogP contribution in [0.15, 0.2) is 0 Å². The molecule has 112 valence electrons. The van der Waals surface area contributed by atoms with Crippen LogP contribution in [0, 0.1) is 5.92 Å². The lowest BCUT2D eigenvalue weighted by Gasteiger charge is -2.19. The maximum absolute atomic E-state index is 11.6. The van der Waals surface area contributed by atoms with Crippen LogP contribution in [0.5, 0.6) is 0 Å². The highest BCUT2D eigenvalue weighted by atomic mass is 32.2. The predicted octanol–water partition coefficient (Wildman–Crippen LogP) is 0.659. The standard InChI is InChI=1S/C13H26N2O3S/c1-3-4-5-7-14-13(16)10-15(2)9-12-6-8-19(17,18)11-12/h12H,3-11H2,1-2H3,(H,14,16). The summed E-state index contributed by atoms with van der Waals surface area (Å²) in [6, 6.07) is 0. The number of sulfone groups is 1. The molecule has 0 aromatic rings. The van der Waals surface area contributed by atoms with Gasteiger partial charge in [-0.3, -0.25) is 9.69 Å². The van der Waals surface area contributed by atoms with Gasteiger partial charge in [-0.1, -0.05) is 19.8 Å². The summed E-state index contributed by atoms with van der Waals surface area (Å²) in [7, 11) is -0.946. The third-order valence-electron chi connectivity index (χ3n) is 3.41. The molecule has 1 fully saturated rings. The number of carbonyl (C=O) groups excluding carboxylic acids is 1. The first kappa shape index (κ1) is 16.4. The number of nitrogens with zero attached hydrogens (tertiary/aromatic N) is 1. The van der Waals surface area contributed by atoms with Crippen molar-refractivity contribution in [2.45, 2.75) is 32.6 Å². The number of carbonyl (C=O) groups is 1. The summed E-state index contributed by atoms with van der Waals surface area (Å²) in [4.78, 5) is 13.6. The second-order valence-electron chi connectivity index (χ2n) is 5.52. The van der Waals surface area contributed by atoms with Crippen LogP contribution in [0.4, 0.5) is 0 Å². The van der Waals surface area contributed by atoms with Gasteiger partial charge in [-0.15, -0.1) is 0 Å². The minimum Gasteiger partial charge on any atom is -0.355 e. The van der Waals surface area contributed by atoms with Crippen molar-refractivity contribution >= 4 is 15.7 Å². The summed E-state index contributed by atoms with van der Waals surface area (Å²) in [6.07, 6.45) is 4.03. The fraction of sp³-hybridized carbons (Fsp3) is 0.923. The average molecular weight is 290 g/mol. The van der Waals surface area contributed by atoms with E-state index in [2.05, 4.69) is 12.2 Å². The molecule has 1 heterocycles. The van der Waals surface area contributed by atoms with E-state index in [9.17, 15) is 13.2 Å². The summed E-state index contributed by atoms with van der Waals surface area (Å²) < 4.78 is 22.7. The Morgan fingerprint density at radius 2 is 2.11 bits per heavy atom. The quantitative estimate of drug-likeness (QED) is 0.667. The van der Waals surface area contributed by atoms with Crippen LogP contribution in [0.3, 0.4) is 0 Å². The van der Waals surface area contributed by atoms with Crippen molar-refractivity contribution < 1.29 is 13.2 Å². The highest BCUT2D eigenvalue weighted by Crippen LogP contribution is 2.18. The van der Waals surface area contributed by atoms with E-state index >= 15 is 0 Å². The van der Waals surface area contributed by atoms with E-state index in [4.69, 9.17) is 0 Å². The molecule has 0 saturated carbocycles. The van der Waals surface area contributed by atoms with E-state index in [0.717, 1.165) is 32.2 Å². The van der Waals surface area contributed by atoms with Crippen LogP contribution in [0.1, 0.15) is 32.6 Å². The molecule has 0 aromatic heterocycles. The summed E-state index contributed by atoms with van der Waals surface area (Å²) in [5.74, 6) is 0.784. The molecule has 19 heavy (non-hydrogen) atoms. The number of amides is 1. The van der Waals surface area contributed by atoms with E-state index in [1.807, 2.05) is 11.9 Å². The van der Waals surface area contributed by atoms with Gasteiger partial charge in [-0.2, -0.15) is 0 Å². The Morgan fingerprint density at radius 1 is 1.37 bits per heavy atom. The van der Waals surface area contributed by atoms with E-state index in [1.54, 1.807) is 0 Å². The van der Waals surface area contributed by atoms with Crippen LogP contribution in [0.2, 0.25) is 0 Å². The van der Waals surface area contributed by atoms with E-state index in [1.165, 1.54) is 0 Å². The van der Waals surface area contributed by atoms with E-state index in [0.29, 0.717) is 18.8 Å². The number of unbranched alkanes of at least 4 members (excludes halogenated alkanes) is 2. The van der Waals surface area contributed by atoms with E-state index < -0.39 is 9.84 Å². The van der Waals surface area contributed by atoms with Crippen LogP contribution in [0.25, 0.3) is 0 Å². The molecule has 1 aliphatic heterocycles. The van der Waals surface area contributed by atoms with E-state index in [-0.39, 0.29) is 17.6 Å². The zero-order chi connectivity index (χ0) is 14.3. The third-order valence-corrected chi connectivity index (χ3v) is 5.25. The zero-order valence-corrected chi connectivity index (χ0v) is 12.8. The predicted molar refractivity (Wildman–Crippen MR) is 76.8 cm³/mol. The molecule has 0 spiro atoms. The third kappa shape index (κ3) is 6.92. The summed E-state index contributed by atoms with van der Waals surface area (Å²) in [5.41, 5.74) is 0. The lowest BCUT2D eigenvalue weighted by Crippen LogP contribution is -2.37. The Balaban J connectivity index is 2.16. The van der Waals surface area contributed by atoms with Crippen molar-refractivity contribution in [1.29, 1.82) is 0 Å². The van der Waals surface area contributed by atoms with Gasteiger partial charge in [0, 0.05) is 13.1 Å². The maximum Gasteiger partial charge on any atom is 0.234 e. The molecule has 1 rings (SSSR count). The fourth-order valence-corrected chi connectivity index (χ4v) is 4.27. The van der Waals surface area contributed by atoms with Crippen molar-refractivity contribution in [3.8, 4) is 0 Å². The number of hydrogen-bond donors (Lipinski definition) is 1. The molecule has 1 aliphatic rings. The first-order chi connectivity index (χ1) is 8.93. The molecule has 1 amide bonds. The highest BCUT2D eigenvalue weighted by molar-refractivity contribution is 7.91. The van der Waals surface area contributed by atoms with Crippen LogP contribution < -0.4 is 5.32 Å². The number of nitrogens with one attached hydrogen (secondary N) is 1. The Hall–Kier alpha value is -0.620. The summed E-state index contributed by atoms with van der Waals surface area (Å²) >= 11 is 0. The smallest absolute Gasteiger partial charge is 0.234 e. The molecule has 5 nitrogen and oxygen atoms in total. The molecule has 1 saturated heterocycles. The maximum atomic E-state index is 11.6. The number of rotatable bonds is 8. The Bertz CT molecular complexity index is 381. The van der Waals surface area contributed by atoms with Gasteiger partial charge in [0.05, 0.1) is 18.1 Å². The molecule has 0 bridgehead atoms. The van der Waals surface area contributed by atoms with Crippen LogP contribution >= 0.6 is 0 Å². The van der Waals surface area contributed by atoms with Gasteiger partial charge in [-0.05, 0) is 25.8 Å². The van der Waals surface area contributed by atoms with Gasteiger partial charge in [0.1, 0.15) is 0 Å². The van der Waals surface area contributed by atoms with Gasteiger partial charge in [0.25, 0.3) is 0 Å². The lowest BCUT2D eigenvalue weighted by molar-refractivity contribution is -0.122. The van der Waals surface area contributed by atoms with Crippen LogP contribution in [-0.4, -0.2) is 57.4 Å². The second kappa shape index (κ2) is 7.85. The van der Waals surface area contributed by atoms with Crippen molar-refractivity contribution in [3.63, 3.8) is 0 Å². The molecule has 0 aromatic carbocycles. The molecule has 6 heteroatoms. The van der Waals surface area contributed by atoms with Crippen molar-refractivity contribution in [2.24, 2.45) is 5.92 Å². The van der Waals surface area contributed by atoms with Crippen LogP contribution in [-0.2, 0) is 14.6 Å². The minimum absolute atomic E-state index is 0.0273. The van der Waals surface area contributed by atoms with Gasteiger partial charge >= 0.3 is 0 Å². The molecule has 0 radical (unpaired) electrons. The number of hydrogen-bond acceptors (Lipinski definition) is 4. The minimum atomic E-state index is -2.82. The fourth-order valence-electron chi connectivity index (χ4n) is 2.43. The molecule has 0 aliphatic carbocycles. The summed E-state index contributed by atoms with van der Waals surface area (Å²) in [5, 5.41) is 2.89. The lowest BCUT2D eigenvalue weighted by atomic mass is 10.1. The zero-order valence-electron chi connectivity index (χ0n) is 12.0. The van der Waals surface area contributed by atoms with Crippen molar-refractivity contribution in [2.75, 3.05) is 38.2 Å². The SMILES string of the molecule is CCCCCNC(=O)CN(C)CC1CCS(=O)(=O)C1. The topological polar surface area (TPSA) is 66.5 Å². The number of likely N-dealkylation sites (N-methyl/N-ethyl adjacent to an activating group) is 1. The largest absolute Gasteiger partial charge is 0.355 e. The Morgan fingerprint density at radius 3 is 2.68 bits per heavy atom. The average Bonchev–Trinajstić information content (AvgIpc) is 2.64. The molecule has 1 unspecified atom stereocenters. The van der Waals surface area contributed by atoms with Gasteiger partial charge in [0.2, 0.25) is 5.91 Å². The van der Waals surface area contributed by atoms with Gasteiger partial charge < -0.3 is 5.32 Å². The van der Waals surface area contributed by atoms with Gasteiger partial charge in [-0.25, -0.2) is 8.42 Å². The van der Waals surface area contributed by atoms with Gasteiger partial charge in [0.15, 0.2) is 9.84 Å².